The average Bonchev–Trinajstić information content (AvgIpc) is 2.71. The third-order valence-electron chi connectivity index (χ3n) is 3.77. The minimum Gasteiger partial charge on any atom is -0.493 e. The zero-order chi connectivity index (χ0) is 21.4. The van der Waals surface area contributed by atoms with Gasteiger partial charge in [-0.3, -0.25) is 4.79 Å². The number of methoxy groups -OCH3 is 2. The molecule has 0 fully saturated rings. The monoisotopic (exact) mass is 464 g/mol. The molecule has 0 bridgehead atoms. The van der Waals surface area contributed by atoms with Crippen LogP contribution < -0.4 is 18.9 Å². The molecule has 7 nitrogen and oxygen atoms in total. The van der Waals surface area contributed by atoms with Crippen molar-refractivity contribution in [3.63, 3.8) is 0 Å². The highest BCUT2D eigenvalue weighted by atomic mass is 79.9. The number of hydrogen-bond acceptors (Lipinski definition) is 6. The summed E-state index contributed by atoms with van der Waals surface area (Å²) in [6.45, 7) is 1.87. The Kier molecular flexibility index (Phi) is 8.09. The first-order valence-corrected chi connectivity index (χ1v) is 9.44. The zero-order valence-corrected chi connectivity index (χ0v) is 17.8. The number of rotatable bonds is 10. The Morgan fingerprint density at radius 3 is 2.38 bits per heavy atom. The molecule has 0 aliphatic carbocycles. The quantitative estimate of drug-likeness (QED) is 0.415. The van der Waals surface area contributed by atoms with Gasteiger partial charge in [0, 0.05) is 5.56 Å². The highest BCUT2D eigenvalue weighted by Gasteiger charge is 2.12. The fourth-order valence-electron chi connectivity index (χ4n) is 2.47. The summed E-state index contributed by atoms with van der Waals surface area (Å²) in [5.41, 5.74) is 1.12. The lowest BCUT2D eigenvalue weighted by Crippen LogP contribution is -2.10. The van der Waals surface area contributed by atoms with Gasteiger partial charge in [0.2, 0.25) is 0 Å². The first-order chi connectivity index (χ1) is 13.9. The molecule has 1 N–H and O–H groups in total. The zero-order valence-electron chi connectivity index (χ0n) is 16.2. The molecular weight excluding hydrogens is 444 g/mol. The molecule has 29 heavy (non-hydrogen) atoms. The number of benzene rings is 2. The van der Waals surface area contributed by atoms with Crippen LogP contribution in [0.2, 0.25) is 0 Å². The molecule has 0 unspecified atom stereocenters. The normalized spacial score (nSPS) is 10.6. The summed E-state index contributed by atoms with van der Waals surface area (Å²) < 4.78 is 21.9. The molecule has 2 aromatic rings. The number of carbonyl (C=O) groups is 2. The fraction of sp³-hybridized carbons (Fsp3) is 0.238. The van der Waals surface area contributed by atoms with Gasteiger partial charge in [-0.25, -0.2) is 4.79 Å². The van der Waals surface area contributed by atoms with Crippen LogP contribution in [0.4, 0.5) is 0 Å². The Balaban J connectivity index is 2.22. The lowest BCUT2D eigenvalue weighted by atomic mass is 10.1. The van der Waals surface area contributed by atoms with Gasteiger partial charge in [-0.15, -0.1) is 0 Å². The minimum atomic E-state index is -1.10. The van der Waals surface area contributed by atoms with Gasteiger partial charge >= 0.3 is 5.97 Å². The summed E-state index contributed by atoms with van der Waals surface area (Å²) in [5, 5.41) is 8.71. The number of carbonyl (C=O) groups excluding carboxylic acids is 1. The van der Waals surface area contributed by atoms with Crippen LogP contribution in [0.5, 0.6) is 23.0 Å². The first-order valence-electron chi connectivity index (χ1n) is 8.65. The predicted octanol–water partition coefficient (Wildman–Crippen LogP) is 4.22. The number of carboxylic acid groups (broad SMARTS) is 1. The highest BCUT2D eigenvalue weighted by Crippen LogP contribution is 2.37. The van der Waals surface area contributed by atoms with Crippen LogP contribution in [0, 0.1) is 0 Å². The van der Waals surface area contributed by atoms with E-state index in [0.717, 1.165) is 5.56 Å². The van der Waals surface area contributed by atoms with E-state index in [1.165, 1.54) is 25.3 Å². The van der Waals surface area contributed by atoms with Crippen molar-refractivity contribution in [1.29, 1.82) is 0 Å². The fourth-order valence-corrected chi connectivity index (χ4v) is 3.04. The predicted molar refractivity (Wildman–Crippen MR) is 111 cm³/mol. The van der Waals surface area contributed by atoms with E-state index in [2.05, 4.69) is 15.9 Å². The van der Waals surface area contributed by atoms with Gasteiger partial charge in [0.25, 0.3) is 0 Å². The third kappa shape index (κ3) is 5.99. The Labute approximate surface area is 177 Å². The van der Waals surface area contributed by atoms with E-state index in [4.69, 9.17) is 24.1 Å². The van der Waals surface area contributed by atoms with Crippen LogP contribution in [-0.2, 0) is 4.79 Å². The topological polar surface area (TPSA) is 91.3 Å². The van der Waals surface area contributed by atoms with Gasteiger partial charge in [0.05, 0.1) is 25.3 Å². The Hall–Kier alpha value is -3.00. The summed E-state index contributed by atoms with van der Waals surface area (Å²) in [6.07, 6.45) is 3.08. The highest BCUT2D eigenvalue weighted by molar-refractivity contribution is 9.10. The molecule has 0 saturated heterocycles. The largest absolute Gasteiger partial charge is 0.493 e. The van der Waals surface area contributed by atoms with Gasteiger partial charge in [0.1, 0.15) is 0 Å². The SMILES string of the molecule is CCOc1c(Br)cc(/C=C/C(=O)c2ccc(OCC(=O)O)c(OC)c2)cc1OC. The number of aliphatic carboxylic acids is 1. The van der Waals surface area contributed by atoms with Crippen LogP contribution in [0.15, 0.2) is 40.9 Å². The minimum absolute atomic E-state index is 0.246. The summed E-state index contributed by atoms with van der Waals surface area (Å²) in [7, 11) is 2.96. The Morgan fingerprint density at radius 1 is 1.03 bits per heavy atom. The molecule has 2 aromatic carbocycles. The van der Waals surface area contributed by atoms with Crippen LogP contribution in [0.25, 0.3) is 6.08 Å². The molecule has 0 aliphatic heterocycles. The standard InChI is InChI=1S/C21H21BrO7/c1-4-28-21-15(22)9-13(10-19(21)27-3)5-7-16(23)14-6-8-17(18(11-14)26-2)29-12-20(24)25/h5-11H,4,12H2,1-3H3,(H,24,25)/b7-5+. The summed E-state index contributed by atoms with van der Waals surface area (Å²) in [6, 6.07) is 8.13. The lowest BCUT2D eigenvalue weighted by molar-refractivity contribution is -0.139. The van der Waals surface area contributed by atoms with Gasteiger partial charge in [-0.2, -0.15) is 0 Å². The maximum atomic E-state index is 12.5. The van der Waals surface area contributed by atoms with Crippen molar-refractivity contribution in [2.24, 2.45) is 0 Å². The van der Waals surface area contributed by atoms with E-state index in [1.807, 2.05) is 13.0 Å². The number of ether oxygens (including phenoxy) is 4. The van der Waals surface area contributed by atoms with Crippen LogP contribution in [0.1, 0.15) is 22.8 Å². The van der Waals surface area contributed by atoms with E-state index in [-0.39, 0.29) is 17.3 Å². The van der Waals surface area contributed by atoms with E-state index in [0.29, 0.717) is 28.1 Å². The van der Waals surface area contributed by atoms with E-state index >= 15 is 0 Å². The second-order valence-corrected chi connectivity index (χ2v) is 6.57. The molecule has 0 saturated carbocycles. The first kappa shape index (κ1) is 22.3. The van der Waals surface area contributed by atoms with Crippen LogP contribution in [0.3, 0.4) is 0 Å². The molecule has 0 heterocycles. The van der Waals surface area contributed by atoms with Crippen molar-refractivity contribution in [3.8, 4) is 23.0 Å². The van der Waals surface area contributed by atoms with E-state index < -0.39 is 12.6 Å². The van der Waals surface area contributed by atoms with Crippen molar-refractivity contribution < 1.29 is 33.6 Å². The van der Waals surface area contributed by atoms with Crippen molar-refractivity contribution in [2.45, 2.75) is 6.92 Å². The number of allylic oxidation sites excluding steroid dienone is 1. The van der Waals surface area contributed by atoms with Gasteiger partial charge in [-0.1, -0.05) is 6.08 Å². The second-order valence-electron chi connectivity index (χ2n) is 5.71. The van der Waals surface area contributed by atoms with E-state index in [1.54, 1.807) is 25.3 Å². The Bertz CT molecular complexity index is 921. The molecule has 0 aliphatic rings. The maximum Gasteiger partial charge on any atom is 0.341 e. The number of hydrogen-bond donors (Lipinski definition) is 1. The maximum absolute atomic E-state index is 12.5. The number of carboxylic acids is 1. The molecule has 8 heteroatoms. The molecule has 154 valence electrons. The van der Waals surface area contributed by atoms with Crippen LogP contribution in [-0.4, -0.2) is 44.3 Å². The molecule has 0 amide bonds. The van der Waals surface area contributed by atoms with Crippen molar-refractivity contribution >= 4 is 33.8 Å². The van der Waals surface area contributed by atoms with Crippen molar-refractivity contribution in [1.82, 2.24) is 0 Å². The summed E-state index contributed by atoms with van der Waals surface area (Å²) in [5.74, 6) is 0.311. The summed E-state index contributed by atoms with van der Waals surface area (Å²) in [4.78, 5) is 23.2. The number of halogens is 1. The molecule has 2 rings (SSSR count). The van der Waals surface area contributed by atoms with Gasteiger partial charge < -0.3 is 24.1 Å². The van der Waals surface area contributed by atoms with Gasteiger partial charge in [0.15, 0.2) is 35.4 Å². The van der Waals surface area contributed by atoms with Crippen molar-refractivity contribution in [2.75, 3.05) is 27.4 Å². The molecular formula is C21H21BrO7. The molecule has 0 radical (unpaired) electrons. The smallest absolute Gasteiger partial charge is 0.341 e. The number of ketones is 1. The van der Waals surface area contributed by atoms with Gasteiger partial charge in [-0.05, 0) is 64.8 Å². The summed E-state index contributed by atoms with van der Waals surface area (Å²) >= 11 is 3.45. The average molecular weight is 465 g/mol. The second kappa shape index (κ2) is 10.5. The molecule has 0 spiro atoms. The molecule has 0 aromatic heterocycles. The van der Waals surface area contributed by atoms with E-state index in [9.17, 15) is 9.59 Å². The lowest BCUT2D eigenvalue weighted by Gasteiger charge is -2.12. The Morgan fingerprint density at radius 2 is 1.76 bits per heavy atom. The van der Waals surface area contributed by atoms with Crippen molar-refractivity contribution in [3.05, 3.63) is 52.0 Å². The molecule has 0 atom stereocenters. The van der Waals surface area contributed by atoms with Crippen LogP contribution >= 0.6 is 15.9 Å². The third-order valence-corrected chi connectivity index (χ3v) is 4.36.